The molecule has 0 aromatic rings. The van der Waals surface area contributed by atoms with Crippen molar-refractivity contribution in [3.05, 3.63) is 11.6 Å². The third-order valence-electron chi connectivity index (χ3n) is 3.14. The number of carbonyl (C=O) groups excluding carboxylic acids is 1. The van der Waals surface area contributed by atoms with Crippen LogP contribution >= 0.6 is 0 Å². The van der Waals surface area contributed by atoms with E-state index in [1.165, 1.54) is 0 Å². The summed E-state index contributed by atoms with van der Waals surface area (Å²) in [5, 5.41) is 9.59. The summed E-state index contributed by atoms with van der Waals surface area (Å²) in [4.78, 5) is 11.2. The third kappa shape index (κ3) is 1.27. The second-order valence-electron chi connectivity index (χ2n) is 4.02. The van der Waals surface area contributed by atoms with Crippen molar-refractivity contribution in [3.63, 3.8) is 0 Å². The van der Waals surface area contributed by atoms with Crippen molar-refractivity contribution in [2.75, 3.05) is 0 Å². The van der Waals surface area contributed by atoms with Gasteiger partial charge < -0.3 is 9.84 Å². The Bertz CT molecular complexity index is 269. The lowest BCUT2D eigenvalue weighted by Crippen LogP contribution is -2.29. The first-order valence-corrected chi connectivity index (χ1v) is 4.66. The molecule has 0 bridgehead atoms. The van der Waals surface area contributed by atoms with Crippen molar-refractivity contribution in [2.24, 2.45) is 11.8 Å². The summed E-state index contributed by atoms with van der Waals surface area (Å²) in [6.07, 6.45) is 2.05. The van der Waals surface area contributed by atoms with Gasteiger partial charge in [-0.25, -0.2) is 0 Å². The molecular weight excluding hydrogens is 168 g/mol. The molecule has 4 atom stereocenters. The van der Waals surface area contributed by atoms with Crippen molar-refractivity contribution in [1.29, 1.82) is 0 Å². The maximum Gasteiger partial charge on any atom is 0.309 e. The first kappa shape index (κ1) is 8.75. The molecule has 1 saturated heterocycles. The summed E-state index contributed by atoms with van der Waals surface area (Å²) >= 11 is 0. The van der Waals surface area contributed by atoms with Crippen LogP contribution in [0, 0.1) is 11.8 Å². The van der Waals surface area contributed by atoms with Crippen molar-refractivity contribution >= 4 is 5.97 Å². The van der Waals surface area contributed by atoms with Gasteiger partial charge in [-0.2, -0.15) is 0 Å². The number of aliphatic hydroxyl groups excluding tert-OH is 1. The number of aliphatic hydroxyl groups is 1. The number of rotatable bonds is 0. The third-order valence-corrected chi connectivity index (χ3v) is 3.14. The molecular formula is C10H14O3. The normalized spacial score (nSPS) is 43.9. The Morgan fingerprint density at radius 2 is 2.31 bits per heavy atom. The lowest BCUT2D eigenvalue weighted by Gasteiger charge is -2.26. The van der Waals surface area contributed by atoms with E-state index < -0.39 is 6.10 Å². The number of ether oxygens (including phenoxy) is 1. The number of carbonyl (C=O) groups is 1. The zero-order valence-electron chi connectivity index (χ0n) is 7.86. The van der Waals surface area contributed by atoms with Gasteiger partial charge in [-0.3, -0.25) is 4.79 Å². The highest BCUT2D eigenvalue weighted by Crippen LogP contribution is 2.37. The average Bonchev–Trinajstić information content (AvgIpc) is 2.32. The average molecular weight is 182 g/mol. The highest BCUT2D eigenvalue weighted by Gasteiger charge is 2.43. The molecule has 1 fully saturated rings. The minimum Gasteiger partial charge on any atom is -0.458 e. The maximum absolute atomic E-state index is 11.2. The SMILES string of the molecule is CC1=C[C@H]2OC(=O)C(C)[C@H]2C[C@@H]1O. The van der Waals surface area contributed by atoms with E-state index in [9.17, 15) is 9.90 Å². The van der Waals surface area contributed by atoms with Crippen LogP contribution in [0.3, 0.4) is 0 Å². The van der Waals surface area contributed by atoms with Gasteiger partial charge in [0.1, 0.15) is 6.10 Å². The van der Waals surface area contributed by atoms with Crippen LogP contribution in [-0.2, 0) is 9.53 Å². The topological polar surface area (TPSA) is 46.5 Å². The van der Waals surface area contributed by atoms with E-state index in [0.29, 0.717) is 6.42 Å². The van der Waals surface area contributed by atoms with Crippen LogP contribution in [0.2, 0.25) is 0 Å². The smallest absolute Gasteiger partial charge is 0.309 e. The predicted octanol–water partition coefficient (Wildman–Crippen LogP) is 0.875. The molecule has 3 heteroatoms. The number of hydrogen-bond acceptors (Lipinski definition) is 3. The number of hydrogen-bond donors (Lipinski definition) is 1. The quantitative estimate of drug-likeness (QED) is 0.446. The van der Waals surface area contributed by atoms with Crippen molar-refractivity contribution in [2.45, 2.75) is 32.5 Å². The molecule has 0 amide bonds. The molecule has 72 valence electrons. The molecule has 0 spiro atoms. The Hall–Kier alpha value is -0.830. The molecule has 2 rings (SSSR count). The van der Waals surface area contributed by atoms with E-state index in [-0.39, 0.29) is 23.9 Å². The Morgan fingerprint density at radius 3 is 3.00 bits per heavy atom. The van der Waals surface area contributed by atoms with E-state index in [1.807, 2.05) is 19.9 Å². The van der Waals surface area contributed by atoms with Gasteiger partial charge in [-0.1, -0.05) is 6.92 Å². The fraction of sp³-hybridized carbons (Fsp3) is 0.700. The van der Waals surface area contributed by atoms with E-state index in [2.05, 4.69) is 0 Å². The first-order chi connectivity index (χ1) is 6.09. The molecule has 13 heavy (non-hydrogen) atoms. The predicted molar refractivity (Wildman–Crippen MR) is 46.9 cm³/mol. The van der Waals surface area contributed by atoms with E-state index in [4.69, 9.17) is 4.74 Å². The summed E-state index contributed by atoms with van der Waals surface area (Å²) in [7, 11) is 0. The second kappa shape index (κ2) is 2.84. The van der Waals surface area contributed by atoms with Crippen molar-refractivity contribution < 1.29 is 14.6 Å². The largest absolute Gasteiger partial charge is 0.458 e. The molecule has 0 aromatic heterocycles. The molecule has 1 N–H and O–H groups in total. The zero-order chi connectivity index (χ0) is 9.59. The molecule has 0 radical (unpaired) electrons. The monoisotopic (exact) mass is 182 g/mol. The number of fused-ring (bicyclic) bond motifs is 1. The van der Waals surface area contributed by atoms with Crippen LogP contribution in [0.25, 0.3) is 0 Å². The van der Waals surface area contributed by atoms with Gasteiger partial charge in [0.05, 0.1) is 12.0 Å². The first-order valence-electron chi connectivity index (χ1n) is 4.66. The van der Waals surface area contributed by atoms with Crippen LogP contribution in [0.15, 0.2) is 11.6 Å². The summed E-state index contributed by atoms with van der Waals surface area (Å²) in [5.41, 5.74) is 0.920. The summed E-state index contributed by atoms with van der Waals surface area (Å²) in [6.45, 7) is 3.74. The lowest BCUT2D eigenvalue weighted by atomic mass is 9.80. The lowest BCUT2D eigenvalue weighted by molar-refractivity contribution is -0.142. The Balaban J connectivity index is 2.25. The summed E-state index contributed by atoms with van der Waals surface area (Å²) < 4.78 is 5.17. The minimum absolute atomic E-state index is 0.0657. The molecule has 1 aliphatic heterocycles. The second-order valence-corrected chi connectivity index (χ2v) is 4.02. The number of esters is 1. The Morgan fingerprint density at radius 1 is 1.62 bits per heavy atom. The Labute approximate surface area is 77.4 Å². The highest BCUT2D eigenvalue weighted by molar-refractivity contribution is 5.75. The van der Waals surface area contributed by atoms with Crippen LogP contribution in [0.1, 0.15) is 20.3 Å². The summed E-state index contributed by atoms with van der Waals surface area (Å²) in [6, 6.07) is 0. The fourth-order valence-electron chi connectivity index (χ4n) is 2.10. The molecule has 2 aliphatic rings. The van der Waals surface area contributed by atoms with Crippen LogP contribution in [-0.4, -0.2) is 23.3 Å². The molecule has 0 aromatic carbocycles. The molecule has 1 aliphatic carbocycles. The molecule has 1 unspecified atom stereocenters. The molecule has 1 heterocycles. The van der Waals surface area contributed by atoms with Gasteiger partial charge in [0, 0.05) is 5.92 Å². The van der Waals surface area contributed by atoms with Crippen LogP contribution in [0.4, 0.5) is 0 Å². The van der Waals surface area contributed by atoms with Crippen molar-refractivity contribution in [3.8, 4) is 0 Å². The Kier molecular flexibility index (Phi) is 1.91. The van der Waals surface area contributed by atoms with Crippen LogP contribution < -0.4 is 0 Å². The minimum atomic E-state index is -0.391. The van der Waals surface area contributed by atoms with E-state index in [1.54, 1.807) is 0 Å². The van der Waals surface area contributed by atoms with Gasteiger partial charge in [-0.05, 0) is 25.0 Å². The maximum atomic E-state index is 11.2. The molecule has 0 saturated carbocycles. The standard InChI is InChI=1S/C10H14O3/c1-5-3-9-7(4-8(5)11)6(2)10(12)13-9/h3,6-9,11H,4H2,1-2H3/t6?,7-,8+,9-/m1/s1. The van der Waals surface area contributed by atoms with Gasteiger partial charge in [0.15, 0.2) is 0 Å². The van der Waals surface area contributed by atoms with Gasteiger partial charge in [0.25, 0.3) is 0 Å². The van der Waals surface area contributed by atoms with Gasteiger partial charge >= 0.3 is 5.97 Å². The van der Waals surface area contributed by atoms with Crippen molar-refractivity contribution in [1.82, 2.24) is 0 Å². The highest BCUT2D eigenvalue weighted by atomic mass is 16.6. The van der Waals surface area contributed by atoms with E-state index >= 15 is 0 Å². The molecule has 3 nitrogen and oxygen atoms in total. The van der Waals surface area contributed by atoms with Gasteiger partial charge in [0.2, 0.25) is 0 Å². The van der Waals surface area contributed by atoms with E-state index in [0.717, 1.165) is 5.57 Å². The van der Waals surface area contributed by atoms with Crippen LogP contribution in [0.5, 0.6) is 0 Å². The zero-order valence-corrected chi connectivity index (χ0v) is 7.86. The van der Waals surface area contributed by atoms with Gasteiger partial charge in [-0.15, -0.1) is 0 Å². The fourth-order valence-corrected chi connectivity index (χ4v) is 2.10. The summed E-state index contributed by atoms with van der Waals surface area (Å²) in [5.74, 6) is -0.0247.